The molecule has 0 fully saturated rings. The van der Waals surface area contributed by atoms with Crippen LogP contribution in [0.15, 0.2) is 18.2 Å². The number of halogens is 3. The molecule has 1 atom stereocenters. The molecule has 0 aliphatic rings. The van der Waals surface area contributed by atoms with Crippen molar-refractivity contribution in [3.63, 3.8) is 0 Å². The van der Waals surface area contributed by atoms with Crippen molar-refractivity contribution < 1.29 is 18.3 Å². The minimum atomic E-state index is -0.737. The van der Waals surface area contributed by atoms with Gasteiger partial charge in [-0.1, -0.05) is 6.07 Å². The first-order chi connectivity index (χ1) is 8.56. The lowest BCUT2D eigenvalue weighted by atomic mass is 10.1. The third-order valence-corrected chi connectivity index (χ3v) is 2.66. The molecule has 0 heterocycles. The number of benzene rings is 1. The van der Waals surface area contributed by atoms with Crippen molar-refractivity contribution >= 4 is 17.5 Å². The van der Waals surface area contributed by atoms with Gasteiger partial charge in [0, 0.05) is 19.1 Å². The average Bonchev–Trinajstić information content (AvgIpc) is 2.32. The SMILES string of the molecule is COCC(CCl)NC(=O)Cc1ccc(F)cc1F. The second-order valence-electron chi connectivity index (χ2n) is 3.79. The monoisotopic (exact) mass is 277 g/mol. The largest absolute Gasteiger partial charge is 0.383 e. The molecule has 1 aromatic rings. The Bertz CT molecular complexity index is 415. The molecule has 0 bridgehead atoms. The fourth-order valence-electron chi connectivity index (χ4n) is 1.44. The second kappa shape index (κ2) is 7.28. The first kappa shape index (κ1) is 14.9. The first-order valence-electron chi connectivity index (χ1n) is 5.35. The predicted molar refractivity (Wildman–Crippen MR) is 64.6 cm³/mol. The van der Waals surface area contributed by atoms with E-state index < -0.39 is 11.6 Å². The number of hydrogen-bond donors (Lipinski definition) is 1. The molecular formula is C12H14ClF2NO2. The molecule has 0 saturated heterocycles. The minimum Gasteiger partial charge on any atom is -0.383 e. The van der Waals surface area contributed by atoms with Crippen molar-refractivity contribution in [1.82, 2.24) is 5.32 Å². The van der Waals surface area contributed by atoms with Gasteiger partial charge in [0.25, 0.3) is 0 Å². The highest BCUT2D eigenvalue weighted by Crippen LogP contribution is 2.10. The molecule has 3 nitrogen and oxygen atoms in total. The average molecular weight is 278 g/mol. The van der Waals surface area contributed by atoms with Gasteiger partial charge >= 0.3 is 0 Å². The molecule has 0 aliphatic carbocycles. The number of methoxy groups -OCH3 is 1. The van der Waals surface area contributed by atoms with Crippen LogP contribution in [0.2, 0.25) is 0 Å². The lowest BCUT2D eigenvalue weighted by molar-refractivity contribution is -0.121. The summed E-state index contributed by atoms with van der Waals surface area (Å²) in [5.74, 6) is -1.59. The van der Waals surface area contributed by atoms with Crippen molar-refractivity contribution in [1.29, 1.82) is 0 Å². The summed E-state index contributed by atoms with van der Waals surface area (Å²) in [5.41, 5.74) is 0.139. The molecule has 0 radical (unpaired) electrons. The second-order valence-corrected chi connectivity index (χ2v) is 4.10. The maximum atomic E-state index is 13.3. The molecule has 0 aliphatic heterocycles. The molecule has 1 N–H and O–H groups in total. The van der Waals surface area contributed by atoms with Gasteiger partial charge in [0.05, 0.1) is 19.1 Å². The van der Waals surface area contributed by atoms with E-state index in [4.69, 9.17) is 16.3 Å². The van der Waals surface area contributed by atoms with Gasteiger partial charge in [-0.15, -0.1) is 11.6 Å². The van der Waals surface area contributed by atoms with Crippen LogP contribution in [0.1, 0.15) is 5.56 Å². The number of nitrogens with one attached hydrogen (secondary N) is 1. The molecule has 0 saturated carbocycles. The van der Waals surface area contributed by atoms with Gasteiger partial charge in [-0.05, 0) is 11.6 Å². The molecule has 1 rings (SSSR count). The normalized spacial score (nSPS) is 12.2. The van der Waals surface area contributed by atoms with E-state index >= 15 is 0 Å². The fourth-order valence-corrected chi connectivity index (χ4v) is 1.61. The van der Waals surface area contributed by atoms with Gasteiger partial charge in [0.15, 0.2) is 0 Å². The predicted octanol–water partition coefficient (Wildman–Crippen LogP) is 1.88. The third-order valence-electron chi connectivity index (χ3n) is 2.29. The van der Waals surface area contributed by atoms with E-state index in [-0.39, 0.29) is 36.4 Å². The van der Waals surface area contributed by atoms with Gasteiger partial charge in [-0.25, -0.2) is 8.78 Å². The van der Waals surface area contributed by atoms with Crippen molar-refractivity contribution in [3.05, 3.63) is 35.4 Å². The maximum Gasteiger partial charge on any atom is 0.224 e. The van der Waals surface area contributed by atoms with Crippen molar-refractivity contribution in [2.75, 3.05) is 19.6 Å². The number of alkyl halides is 1. The zero-order valence-electron chi connectivity index (χ0n) is 9.88. The summed E-state index contributed by atoms with van der Waals surface area (Å²) in [6, 6.07) is 2.78. The zero-order valence-corrected chi connectivity index (χ0v) is 10.6. The number of rotatable bonds is 6. The van der Waals surface area contributed by atoms with Crippen LogP contribution in [0, 0.1) is 11.6 Å². The Balaban J connectivity index is 2.58. The van der Waals surface area contributed by atoms with E-state index in [0.717, 1.165) is 12.1 Å². The Morgan fingerprint density at radius 3 is 2.78 bits per heavy atom. The molecular weight excluding hydrogens is 264 g/mol. The highest BCUT2D eigenvalue weighted by molar-refractivity contribution is 6.18. The van der Waals surface area contributed by atoms with Crippen LogP contribution in [0.4, 0.5) is 8.78 Å². The molecule has 6 heteroatoms. The molecule has 1 unspecified atom stereocenters. The molecule has 0 spiro atoms. The Kier molecular flexibility index (Phi) is 6.01. The highest BCUT2D eigenvalue weighted by atomic mass is 35.5. The Hall–Kier alpha value is -1.20. The summed E-state index contributed by atoms with van der Waals surface area (Å²) in [6.07, 6.45) is -0.163. The number of amides is 1. The summed E-state index contributed by atoms with van der Waals surface area (Å²) < 4.78 is 30.8. The summed E-state index contributed by atoms with van der Waals surface area (Å²) in [5, 5.41) is 2.60. The van der Waals surface area contributed by atoms with Crippen molar-refractivity contribution in [3.8, 4) is 0 Å². The van der Waals surface area contributed by atoms with Crippen LogP contribution in [-0.2, 0) is 16.0 Å². The van der Waals surface area contributed by atoms with Crippen LogP contribution in [0.25, 0.3) is 0 Å². The minimum absolute atomic E-state index is 0.139. The maximum absolute atomic E-state index is 13.3. The smallest absolute Gasteiger partial charge is 0.224 e. The summed E-state index contributed by atoms with van der Waals surface area (Å²) >= 11 is 5.63. The van der Waals surface area contributed by atoms with Crippen molar-refractivity contribution in [2.24, 2.45) is 0 Å². The van der Waals surface area contributed by atoms with Crippen LogP contribution < -0.4 is 5.32 Å². The molecule has 1 aromatic carbocycles. The lowest BCUT2D eigenvalue weighted by Gasteiger charge is -2.15. The van der Waals surface area contributed by atoms with Crippen LogP contribution in [0.5, 0.6) is 0 Å². The van der Waals surface area contributed by atoms with Crippen LogP contribution in [0.3, 0.4) is 0 Å². The van der Waals surface area contributed by atoms with Crippen LogP contribution >= 0.6 is 11.6 Å². The summed E-state index contributed by atoms with van der Waals surface area (Å²) in [4.78, 5) is 11.6. The third kappa shape index (κ3) is 4.58. The van der Waals surface area contributed by atoms with E-state index in [9.17, 15) is 13.6 Å². The van der Waals surface area contributed by atoms with Crippen LogP contribution in [-0.4, -0.2) is 31.5 Å². The number of ether oxygens (including phenoxy) is 1. The quantitative estimate of drug-likeness (QED) is 0.807. The van der Waals surface area contributed by atoms with E-state index in [0.29, 0.717) is 0 Å². The van der Waals surface area contributed by atoms with Gasteiger partial charge < -0.3 is 10.1 Å². The summed E-state index contributed by atoms with van der Waals surface area (Å²) in [6.45, 7) is 0.279. The molecule has 18 heavy (non-hydrogen) atoms. The van der Waals surface area contributed by atoms with E-state index in [1.165, 1.54) is 13.2 Å². The lowest BCUT2D eigenvalue weighted by Crippen LogP contribution is -2.40. The van der Waals surface area contributed by atoms with E-state index in [1.807, 2.05) is 0 Å². The Morgan fingerprint density at radius 1 is 1.50 bits per heavy atom. The van der Waals surface area contributed by atoms with Crippen molar-refractivity contribution in [2.45, 2.75) is 12.5 Å². The van der Waals surface area contributed by atoms with Gasteiger partial charge in [-0.2, -0.15) is 0 Å². The molecule has 0 aromatic heterocycles. The van der Waals surface area contributed by atoms with Gasteiger partial charge in [-0.3, -0.25) is 4.79 Å². The van der Waals surface area contributed by atoms with Gasteiger partial charge in [0.2, 0.25) is 5.91 Å². The standard InChI is InChI=1S/C12H14ClF2NO2/c1-18-7-10(6-13)16-12(17)4-8-2-3-9(14)5-11(8)15/h2-3,5,10H,4,6-7H2,1H3,(H,16,17). The molecule has 1 amide bonds. The Morgan fingerprint density at radius 2 is 2.22 bits per heavy atom. The number of carbonyl (C=O) groups excluding carboxylic acids is 1. The number of hydrogen-bond acceptors (Lipinski definition) is 2. The fraction of sp³-hybridized carbons (Fsp3) is 0.417. The topological polar surface area (TPSA) is 38.3 Å². The van der Waals surface area contributed by atoms with E-state index in [1.54, 1.807) is 0 Å². The summed E-state index contributed by atoms with van der Waals surface area (Å²) in [7, 11) is 1.49. The van der Waals surface area contributed by atoms with E-state index in [2.05, 4.69) is 5.32 Å². The molecule has 100 valence electrons. The number of carbonyl (C=O) groups is 1. The Labute approximate surface area is 109 Å². The first-order valence-corrected chi connectivity index (χ1v) is 5.88. The van der Waals surface area contributed by atoms with Gasteiger partial charge in [0.1, 0.15) is 11.6 Å². The highest BCUT2D eigenvalue weighted by Gasteiger charge is 2.13. The zero-order chi connectivity index (χ0) is 13.5.